The van der Waals surface area contributed by atoms with Crippen LogP contribution < -0.4 is 5.32 Å². The van der Waals surface area contributed by atoms with Gasteiger partial charge >= 0.3 is 6.03 Å². The summed E-state index contributed by atoms with van der Waals surface area (Å²) in [6, 6.07) is 18.1. The number of H-pyrrole nitrogens is 1. The van der Waals surface area contributed by atoms with Crippen molar-refractivity contribution in [2.45, 2.75) is 25.2 Å². The lowest BCUT2D eigenvalue weighted by molar-refractivity contribution is 0.217. The summed E-state index contributed by atoms with van der Waals surface area (Å²) >= 11 is 0. The number of rotatable bonds is 4. The Morgan fingerprint density at radius 3 is 2.67 bits per heavy atom. The van der Waals surface area contributed by atoms with E-state index in [1.807, 2.05) is 41.3 Å². The van der Waals surface area contributed by atoms with Crippen LogP contribution in [-0.2, 0) is 0 Å². The zero-order valence-electron chi connectivity index (χ0n) is 18.3. The average Bonchev–Trinajstić information content (AvgIpc) is 3.63. The smallest absolute Gasteiger partial charge is 0.322 e. The van der Waals surface area contributed by atoms with Gasteiger partial charge in [0.25, 0.3) is 0 Å². The fourth-order valence-corrected chi connectivity index (χ4v) is 4.62. The van der Waals surface area contributed by atoms with Gasteiger partial charge in [-0.1, -0.05) is 48.5 Å². The minimum Gasteiger partial charge on any atom is -0.346 e. The Morgan fingerprint density at radius 1 is 1.03 bits per heavy atom. The molecule has 0 atom stereocenters. The van der Waals surface area contributed by atoms with Crippen LogP contribution in [0.1, 0.15) is 36.4 Å². The number of hydrogen-bond donors (Lipinski definition) is 2. The lowest BCUT2D eigenvalue weighted by Gasteiger charge is -2.27. The SMILES string of the molecule is O=C(Nc1cccc(-c2ccccc2)c1)N1CC=C(c2ncnc3[nH]cc(C4CC4)c23)CC1. The van der Waals surface area contributed by atoms with E-state index in [-0.39, 0.29) is 6.03 Å². The molecule has 33 heavy (non-hydrogen) atoms. The van der Waals surface area contributed by atoms with Crippen LogP contribution in [0, 0.1) is 0 Å². The Hall–Kier alpha value is -3.93. The van der Waals surface area contributed by atoms with Crippen molar-refractivity contribution in [1.82, 2.24) is 19.9 Å². The molecule has 2 N–H and O–H groups in total. The van der Waals surface area contributed by atoms with Gasteiger partial charge in [-0.05, 0) is 59.6 Å². The summed E-state index contributed by atoms with van der Waals surface area (Å²) in [6.45, 7) is 1.22. The zero-order chi connectivity index (χ0) is 22.2. The number of urea groups is 1. The Kier molecular flexibility index (Phi) is 4.91. The summed E-state index contributed by atoms with van der Waals surface area (Å²) < 4.78 is 0. The molecule has 6 nitrogen and oxygen atoms in total. The number of amides is 2. The third-order valence-corrected chi connectivity index (χ3v) is 6.54. The van der Waals surface area contributed by atoms with Gasteiger partial charge in [-0.15, -0.1) is 0 Å². The van der Waals surface area contributed by atoms with E-state index < -0.39 is 0 Å². The first-order valence-corrected chi connectivity index (χ1v) is 11.5. The molecule has 2 aromatic heterocycles. The van der Waals surface area contributed by atoms with E-state index in [1.54, 1.807) is 6.33 Å². The maximum atomic E-state index is 12.9. The van der Waals surface area contributed by atoms with Crippen molar-refractivity contribution in [2.75, 3.05) is 18.4 Å². The molecule has 164 valence electrons. The van der Waals surface area contributed by atoms with Crippen molar-refractivity contribution in [3.8, 4) is 11.1 Å². The maximum absolute atomic E-state index is 12.9. The molecule has 6 heteroatoms. The average molecular weight is 436 g/mol. The summed E-state index contributed by atoms with van der Waals surface area (Å²) in [7, 11) is 0. The van der Waals surface area contributed by atoms with E-state index in [2.05, 4.69) is 50.7 Å². The van der Waals surface area contributed by atoms with E-state index in [0.29, 0.717) is 19.0 Å². The lowest BCUT2D eigenvalue weighted by Crippen LogP contribution is -2.38. The highest BCUT2D eigenvalue weighted by Crippen LogP contribution is 2.44. The van der Waals surface area contributed by atoms with Crippen LogP contribution in [0.3, 0.4) is 0 Å². The molecular formula is C27H25N5O. The predicted molar refractivity (Wildman–Crippen MR) is 131 cm³/mol. The van der Waals surface area contributed by atoms with E-state index in [1.165, 1.54) is 24.0 Å². The number of hydrogen-bond acceptors (Lipinski definition) is 3. The molecule has 1 aliphatic carbocycles. The van der Waals surface area contributed by atoms with Crippen LogP contribution in [0.4, 0.5) is 10.5 Å². The summed E-state index contributed by atoms with van der Waals surface area (Å²) in [6.07, 6.45) is 9.10. The van der Waals surface area contributed by atoms with E-state index in [9.17, 15) is 4.79 Å². The lowest BCUT2D eigenvalue weighted by atomic mass is 9.99. The summed E-state index contributed by atoms with van der Waals surface area (Å²) in [5.41, 5.74) is 7.46. The predicted octanol–water partition coefficient (Wildman–Crippen LogP) is 5.82. The molecule has 3 heterocycles. The number of nitrogens with zero attached hydrogens (tertiary/aromatic N) is 3. The molecule has 2 aliphatic rings. The van der Waals surface area contributed by atoms with Gasteiger partial charge in [0.2, 0.25) is 0 Å². The topological polar surface area (TPSA) is 73.9 Å². The highest BCUT2D eigenvalue weighted by molar-refractivity contribution is 5.93. The molecule has 4 aromatic rings. The third kappa shape index (κ3) is 3.89. The molecule has 0 spiro atoms. The number of benzene rings is 2. The van der Waals surface area contributed by atoms with Gasteiger partial charge in [0.05, 0.1) is 5.69 Å². The minimum atomic E-state index is -0.0799. The van der Waals surface area contributed by atoms with Gasteiger partial charge in [-0.25, -0.2) is 14.8 Å². The Balaban J connectivity index is 1.18. The van der Waals surface area contributed by atoms with Gasteiger partial charge in [-0.3, -0.25) is 0 Å². The molecule has 0 radical (unpaired) electrons. The molecule has 0 bridgehead atoms. The molecule has 1 aliphatic heterocycles. The Morgan fingerprint density at radius 2 is 1.88 bits per heavy atom. The molecule has 2 aromatic carbocycles. The largest absolute Gasteiger partial charge is 0.346 e. The molecule has 1 saturated carbocycles. The first-order chi connectivity index (χ1) is 16.3. The standard InChI is InChI=1S/C27H25N5O/c33-27(31-22-8-4-7-21(15-22)18-5-2-1-3-6-18)32-13-11-20(12-14-32)25-24-23(19-9-10-19)16-28-26(24)30-17-29-25/h1-8,11,15-17,19H,9-10,12-14H2,(H,31,33)(H,28,29,30). The van der Waals surface area contributed by atoms with Crippen molar-refractivity contribution in [1.29, 1.82) is 0 Å². The fraction of sp³-hybridized carbons (Fsp3) is 0.222. The molecule has 2 amide bonds. The second kappa shape index (κ2) is 8.20. The van der Waals surface area contributed by atoms with Crippen LogP contribution in [0.15, 0.2) is 73.2 Å². The zero-order valence-corrected chi connectivity index (χ0v) is 18.3. The molecule has 0 unspecified atom stereocenters. The van der Waals surface area contributed by atoms with Gasteiger partial charge in [0.15, 0.2) is 0 Å². The van der Waals surface area contributed by atoms with Crippen LogP contribution in [0.2, 0.25) is 0 Å². The Bertz CT molecular complexity index is 1350. The van der Waals surface area contributed by atoms with Gasteiger partial charge < -0.3 is 15.2 Å². The van der Waals surface area contributed by atoms with Crippen molar-refractivity contribution >= 4 is 28.3 Å². The summed E-state index contributed by atoms with van der Waals surface area (Å²) in [5.74, 6) is 0.626. The third-order valence-electron chi connectivity index (χ3n) is 6.54. The fourth-order valence-electron chi connectivity index (χ4n) is 4.62. The number of aromatic amines is 1. The van der Waals surface area contributed by atoms with E-state index in [4.69, 9.17) is 0 Å². The van der Waals surface area contributed by atoms with Gasteiger partial charge in [0.1, 0.15) is 12.0 Å². The first-order valence-electron chi connectivity index (χ1n) is 11.5. The molecule has 0 saturated heterocycles. The number of aromatic nitrogens is 3. The maximum Gasteiger partial charge on any atom is 0.322 e. The molecular weight excluding hydrogens is 410 g/mol. The highest BCUT2D eigenvalue weighted by atomic mass is 16.2. The van der Waals surface area contributed by atoms with Crippen LogP contribution in [0.5, 0.6) is 0 Å². The van der Waals surface area contributed by atoms with Crippen molar-refractivity contribution in [2.24, 2.45) is 0 Å². The quantitative estimate of drug-likeness (QED) is 0.424. The van der Waals surface area contributed by atoms with Crippen molar-refractivity contribution < 1.29 is 4.79 Å². The number of carbonyl (C=O) groups is 1. The first kappa shape index (κ1) is 19.7. The normalized spacial score (nSPS) is 16.0. The van der Waals surface area contributed by atoms with Gasteiger partial charge in [-0.2, -0.15) is 0 Å². The summed E-state index contributed by atoms with van der Waals surface area (Å²) in [5, 5.41) is 4.22. The number of carbonyl (C=O) groups excluding carboxylic acids is 1. The van der Waals surface area contributed by atoms with Crippen LogP contribution in [-0.4, -0.2) is 39.0 Å². The Labute approximate surface area is 192 Å². The monoisotopic (exact) mass is 435 g/mol. The van der Waals surface area contributed by atoms with Gasteiger partial charge in [0, 0.05) is 30.4 Å². The second-order valence-corrected chi connectivity index (χ2v) is 8.77. The van der Waals surface area contributed by atoms with Crippen molar-refractivity contribution in [3.05, 3.63) is 84.5 Å². The second-order valence-electron chi connectivity index (χ2n) is 8.77. The number of anilines is 1. The molecule has 6 rings (SSSR count). The van der Waals surface area contributed by atoms with Crippen molar-refractivity contribution in [3.63, 3.8) is 0 Å². The minimum absolute atomic E-state index is 0.0799. The highest BCUT2D eigenvalue weighted by Gasteiger charge is 2.29. The van der Waals surface area contributed by atoms with Crippen LogP contribution >= 0.6 is 0 Å². The van der Waals surface area contributed by atoms with Crippen LogP contribution in [0.25, 0.3) is 27.7 Å². The summed E-state index contributed by atoms with van der Waals surface area (Å²) in [4.78, 5) is 27.1. The van der Waals surface area contributed by atoms with E-state index in [0.717, 1.165) is 40.0 Å². The number of fused-ring (bicyclic) bond motifs is 1. The van der Waals surface area contributed by atoms with E-state index >= 15 is 0 Å². The molecule has 1 fully saturated rings. The number of nitrogens with one attached hydrogen (secondary N) is 2.